The van der Waals surface area contributed by atoms with Crippen LogP contribution in [0.1, 0.15) is 43.7 Å². The van der Waals surface area contributed by atoms with Gasteiger partial charge in [0, 0.05) is 37.7 Å². The van der Waals surface area contributed by atoms with Gasteiger partial charge >= 0.3 is 0 Å². The summed E-state index contributed by atoms with van der Waals surface area (Å²) in [4.78, 5) is 19.4. The highest BCUT2D eigenvalue weighted by Gasteiger charge is 2.31. The second kappa shape index (κ2) is 6.93. The number of nitrogens with zero attached hydrogens (tertiary/aromatic N) is 2. The first-order valence-corrected chi connectivity index (χ1v) is 9.13. The standard InChI is InChI=1S/C19H24N2OS/c1-13(2)21-11-17(12-21)19-20-10-18(23-19)16-8-6-15(7-9-16)5-4-14(3)22/h6-10,13,17H,4-5,11-12H2,1-3H3. The summed E-state index contributed by atoms with van der Waals surface area (Å²) in [5.41, 5.74) is 2.45. The van der Waals surface area contributed by atoms with Crippen LogP contribution in [0.25, 0.3) is 10.4 Å². The molecule has 2 aromatic rings. The summed E-state index contributed by atoms with van der Waals surface area (Å²) in [5, 5.41) is 1.26. The first-order chi connectivity index (χ1) is 11.0. The molecule has 1 saturated heterocycles. The average molecular weight is 328 g/mol. The van der Waals surface area contributed by atoms with Crippen LogP contribution in [-0.2, 0) is 11.2 Å². The Morgan fingerprint density at radius 1 is 1.30 bits per heavy atom. The molecule has 1 aliphatic rings. The van der Waals surface area contributed by atoms with Gasteiger partial charge in [-0.05, 0) is 38.3 Å². The van der Waals surface area contributed by atoms with Crippen LogP contribution in [0.5, 0.6) is 0 Å². The fraction of sp³-hybridized carbons (Fsp3) is 0.474. The predicted molar refractivity (Wildman–Crippen MR) is 96.0 cm³/mol. The van der Waals surface area contributed by atoms with Crippen molar-refractivity contribution in [3.8, 4) is 10.4 Å². The molecule has 122 valence electrons. The molecule has 0 radical (unpaired) electrons. The summed E-state index contributed by atoms with van der Waals surface area (Å²) in [6, 6.07) is 9.18. The first-order valence-electron chi connectivity index (χ1n) is 8.31. The molecule has 0 atom stereocenters. The van der Waals surface area contributed by atoms with E-state index in [1.807, 2.05) is 17.5 Å². The first kappa shape index (κ1) is 16.3. The number of hydrogen-bond donors (Lipinski definition) is 0. The normalized spacial score (nSPS) is 15.8. The van der Waals surface area contributed by atoms with Gasteiger partial charge in [0.25, 0.3) is 0 Å². The quantitative estimate of drug-likeness (QED) is 0.799. The largest absolute Gasteiger partial charge is 0.300 e. The lowest BCUT2D eigenvalue weighted by Crippen LogP contribution is -2.48. The van der Waals surface area contributed by atoms with Crippen LogP contribution in [0.3, 0.4) is 0 Å². The van der Waals surface area contributed by atoms with Crippen LogP contribution in [0.15, 0.2) is 30.5 Å². The zero-order chi connectivity index (χ0) is 16.4. The van der Waals surface area contributed by atoms with E-state index >= 15 is 0 Å². The molecular weight excluding hydrogens is 304 g/mol. The molecule has 0 amide bonds. The Kier molecular flexibility index (Phi) is 4.93. The molecule has 3 rings (SSSR count). The predicted octanol–water partition coefficient (Wildman–Crippen LogP) is 4.14. The molecule has 1 fully saturated rings. The maximum Gasteiger partial charge on any atom is 0.130 e. The Morgan fingerprint density at radius 2 is 2.00 bits per heavy atom. The van der Waals surface area contributed by atoms with Crippen LogP contribution in [0, 0.1) is 0 Å². The summed E-state index contributed by atoms with van der Waals surface area (Å²) >= 11 is 1.82. The Labute approximate surface area is 142 Å². The number of benzene rings is 1. The number of hydrogen-bond acceptors (Lipinski definition) is 4. The molecule has 0 unspecified atom stereocenters. The number of rotatable bonds is 6. The lowest BCUT2D eigenvalue weighted by Gasteiger charge is -2.41. The maximum absolute atomic E-state index is 11.1. The van der Waals surface area contributed by atoms with Gasteiger partial charge in [-0.1, -0.05) is 24.3 Å². The van der Waals surface area contributed by atoms with E-state index in [1.54, 1.807) is 6.92 Å². The van der Waals surface area contributed by atoms with Gasteiger partial charge in [0.05, 0.1) is 9.88 Å². The van der Waals surface area contributed by atoms with Gasteiger partial charge < -0.3 is 4.79 Å². The van der Waals surface area contributed by atoms with Crippen molar-refractivity contribution in [3.63, 3.8) is 0 Å². The van der Waals surface area contributed by atoms with Crippen LogP contribution in [-0.4, -0.2) is 34.8 Å². The summed E-state index contributed by atoms with van der Waals surface area (Å²) in [7, 11) is 0. The van der Waals surface area contributed by atoms with Crippen molar-refractivity contribution < 1.29 is 4.79 Å². The van der Waals surface area contributed by atoms with E-state index in [1.165, 1.54) is 21.0 Å². The van der Waals surface area contributed by atoms with Crippen molar-refractivity contribution in [1.29, 1.82) is 0 Å². The topological polar surface area (TPSA) is 33.2 Å². The summed E-state index contributed by atoms with van der Waals surface area (Å²) < 4.78 is 0. The minimum absolute atomic E-state index is 0.247. The Balaban J connectivity index is 1.63. The fourth-order valence-corrected chi connectivity index (χ4v) is 3.86. The molecule has 3 nitrogen and oxygen atoms in total. The summed E-state index contributed by atoms with van der Waals surface area (Å²) in [6.07, 6.45) is 3.46. The molecule has 0 bridgehead atoms. The average Bonchev–Trinajstić information content (AvgIpc) is 2.93. The Bertz CT molecular complexity index is 669. The van der Waals surface area contributed by atoms with Crippen LogP contribution < -0.4 is 0 Å². The van der Waals surface area contributed by atoms with Crippen molar-refractivity contribution in [2.45, 2.75) is 45.6 Å². The number of thiazole rings is 1. The van der Waals surface area contributed by atoms with Gasteiger partial charge in [-0.3, -0.25) is 4.90 Å². The van der Waals surface area contributed by atoms with E-state index in [0.29, 0.717) is 18.4 Å². The maximum atomic E-state index is 11.1. The molecule has 1 aromatic carbocycles. The molecule has 0 saturated carbocycles. The van der Waals surface area contributed by atoms with Gasteiger partial charge in [0.2, 0.25) is 0 Å². The molecule has 4 heteroatoms. The third-order valence-corrected chi connectivity index (χ3v) is 5.73. The van der Waals surface area contributed by atoms with E-state index < -0.39 is 0 Å². The minimum atomic E-state index is 0.247. The van der Waals surface area contributed by atoms with E-state index in [-0.39, 0.29) is 5.78 Å². The van der Waals surface area contributed by atoms with E-state index in [9.17, 15) is 4.79 Å². The number of aromatic nitrogens is 1. The molecule has 0 aliphatic carbocycles. The van der Waals surface area contributed by atoms with E-state index in [0.717, 1.165) is 19.5 Å². The third-order valence-electron chi connectivity index (χ3n) is 4.52. The van der Waals surface area contributed by atoms with Gasteiger partial charge in [0.15, 0.2) is 0 Å². The minimum Gasteiger partial charge on any atom is -0.300 e. The van der Waals surface area contributed by atoms with Crippen molar-refractivity contribution in [1.82, 2.24) is 9.88 Å². The smallest absolute Gasteiger partial charge is 0.130 e. The molecule has 0 spiro atoms. The molecule has 23 heavy (non-hydrogen) atoms. The van der Waals surface area contributed by atoms with Crippen LogP contribution in [0.4, 0.5) is 0 Å². The monoisotopic (exact) mass is 328 g/mol. The van der Waals surface area contributed by atoms with Crippen LogP contribution >= 0.6 is 11.3 Å². The molecular formula is C19H24N2OS. The lowest BCUT2D eigenvalue weighted by atomic mass is 9.99. The lowest BCUT2D eigenvalue weighted by molar-refractivity contribution is -0.116. The molecule has 2 heterocycles. The van der Waals surface area contributed by atoms with Gasteiger partial charge in [-0.2, -0.15) is 0 Å². The zero-order valence-electron chi connectivity index (χ0n) is 14.1. The zero-order valence-corrected chi connectivity index (χ0v) is 14.9. The molecule has 1 aromatic heterocycles. The Morgan fingerprint density at radius 3 is 2.61 bits per heavy atom. The fourth-order valence-electron chi connectivity index (χ4n) is 2.86. The number of likely N-dealkylation sites (tertiary alicyclic amines) is 1. The third kappa shape index (κ3) is 3.88. The highest BCUT2D eigenvalue weighted by Crippen LogP contribution is 2.35. The van der Waals surface area contributed by atoms with Crippen molar-refractivity contribution in [3.05, 3.63) is 41.0 Å². The molecule has 0 N–H and O–H groups in total. The van der Waals surface area contributed by atoms with Gasteiger partial charge in [-0.25, -0.2) is 4.98 Å². The van der Waals surface area contributed by atoms with Crippen molar-refractivity contribution >= 4 is 17.1 Å². The summed E-state index contributed by atoms with van der Waals surface area (Å²) in [6.45, 7) is 8.41. The number of ketones is 1. The van der Waals surface area contributed by atoms with Gasteiger partial charge in [0.1, 0.15) is 5.78 Å². The SMILES string of the molecule is CC(=O)CCc1ccc(-c2cnc(C3CN(C(C)C)C3)s2)cc1. The van der Waals surface area contributed by atoms with E-state index in [2.05, 4.69) is 48.0 Å². The van der Waals surface area contributed by atoms with Gasteiger partial charge in [-0.15, -0.1) is 11.3 Å². The number of aryl methyl sites for hydroxylation is 1. The highest BCUT2D eigenvalue weighted by atomic mass is 32.1. The highest BCUT2D eigenvalue weighted by molar-refractivity contribution is 7.15. The number of carbonyl (C=O) groups is 1. The van der Waals surface area contributed by atoms with Crippen molar-refractivity contribution in [2.24, 2.45) is 0 Å². The second-order valence-electron chi connectivity index (χ2n) is 6.71. The summed E-state index contributed by atoms with van der Waals surface area (Å²) in [5.74, 6) is 0.850. The number of Topliss-reactive ketones (excluding diaryl/α,β-unsaturated/α-hetero) is 1. The molecule has 1 aliphatic heterocycles. The van der Waals surface area contributed by atoms with E-state index in [4.69, 9.17) is 0 Å². The van der Waals surface area contributed by atoms with Crippen molar-refractivity contribution in [2.75, 3.05) is 13.1 Å². The van der Waals surface area contributed by atoms with Crippen LogP contribution in [0.2, 0.25) is 0 Å². The second-order valence-corrected chi connectivity index (χ2v) is 7.77. The Hall–Kier alpha value is -1.52. The number of carbonyl (C=O) groups excluding carboxylic acids is 1.